The third-order valence-electron chi connectivity index (χ3n) is 5.87. The number of hydrogen-bond donors (Lipinski definition) is 0. The molecule has 0 unspecified atom stereocenters. The fraction of sp³-hybridized carbons (Fsp3) is 0.875. The molecule has 162 valence electrons. The molecule has 0 bridgehead atoms. The fourth-order valence-corrected chi connectivity index (χ4v) is 3.98. The summed E-state index contributed by atoms with van der Waals surface area (Å²) in [5.41, 5.74) is 0. The minimum absolute atomic E-state index is 0.0209. The number of carbonyl (C=O) groups is 1. The first-order chi connectivity index (χ1) is 13.7. The van der Waals surface area contributed by atoms with Crippen LogP contribution >= 0.6 is 0 Å². The van der Waals surface area contributed by atoms with E-state index in [9.17, 15) is 4.79 Å². The highest BCUT2D eigenvalue weighted by Gasteiger charge is 2.40. The van der Waals surface area contributed by atoms with Gasteiger partial charge >= 0.3 is 5.97 Å². The largest absolute Gasteiger partial charge is 0.469 e. The normalized spacial score (nSPS) is 25.3. The molecule has 28 heavy (non-hydrogen) atoms. The fourth-order valence-electron chi connectivity index (χ4n) is 3.98. The molecule has 0 aromatic rings. The molecule has 0 radical (unpaired) electrons. The number of cyclic esters (lactones) is 1. The third kappa shape index (κ3) is 8.55. The molecule has 2 saturated heterocycles. The molecular formula is C24H42O4. The van der Waals surface area contributed by atoms with Gasteiger partial charge in [-0.05, 0) is 31.8 Å². The molecule has 4 heteroatoms. The second kappa shape index (κ2) is 14.0. The van der Waals surface area contributed by atoms with Crippen molar-refractivity contribution in [1.29, 1.82) is 0 Å². The number of rotatable bonds is 15. The van der Waals surface area contributed by atoms with E-state index in [-0.39, 0.29) is 24.3 Å². The second-order valence-electron chi connectivity index (χ2n) is 8.42. The van der Waals surface area contributed by atoms with E-state index >= 15 is 0 Å². The highest BCUT2D eigenvalue weighted by atomic mass is 16.7. The minimum Gasteiger partial charge on any atom is -0.469 e. The molecule has 2 aliphatic rings. The zero-order valence-corrected chi connectivity index (χ0v) is 18.3. The van der Waals surface area contributed by atoms with E-state index in [1.165, 1.54) is 44.9 Å². The first-order valence-corrected chi connectivity index (χ1v) is 11.9. The van der Waals surface area contributed by atoms with Crippen LogP contribution in [0.3, 0.4) is 0 Å². The summed E-state index contributed by atoms with van der Waals surface area (Å²) in [4.78, 5) is 11.9. The number of esters is 1. The number of allylic oxidation sites excluding steroid dienone is 1. The highest BCUT2D eigenvalue weighted by molar-refractivity contribution is 5.79. The van der Waals surface area contributed by atoms with Crippen molar-refractivity contribution in [3.63, 3.8) is 0 Å². The van der Waals surface area contributed by atoms with Gasteiger partial charge in [-0.1, -0.05) is 71.6 Å². The van der Waals surface area contributed by atoms with Crippen LogP contribution in [0.25, 0.3) is 0 Å². The lowest BCUT2D eigenvalue weighted by atomic mass is 9.89. The Hall–Kier alpha value is -1.03. The van der Waals surface area contributed by atoms with Crippen LogP contribution in [0.2, 0.25) is 0 Å². The Labute approximate surface area is 172 Å². The minimum atomic E-state index is -0.126. The van der Waals surface area contributed by atoms with E-state index in [4.69, 9.17) is 14.2 Å². The zero-order chi connectivity index (χ0) is 20.0. The summed E-state index contributed by atoms with van der Waals surface area (Å²) in [6, 6.07) is 0. The van der Waals surface area contributed by atoms with Gasteiger partial charge in [-0.25, -0.2) is 0 Å². The van der Waals surface area contributed by atoms with Crippen LogP contribution in [0.5, 0.6) is 0 Å². The van der Waals surface area contributed by atoms with Crippen molar-refractivity contribution in [2.45, 2.75) is 123 Å². The van der Waals surface area contributed by atoms with Gasteiger partial charge in [-0.3, -0.25) is 4.79 Å². The molecule has 2 rings (SSSR count). The van der Waals surface area contributed by atoms with Gasteiger partial charge in [0, 0.05) is 12.8 Å². The van der Waals surface area contributed by atoms with E-state index < -0.39 is 0 Å². The molecule has 0 aliphatic carbocycles. The van der Waals surface area contributed by atoms with Crippen molar-refractivity contribution in [2.75, 3.05) is 6.61 Å². The molecule has 2 heterocycles. The Kier molecular flexibility index (Phi) is 11.7. The Morgan fingerprint density at radius 1 is 1.00 bits per heavy atom. The van der Waals surface area contributed by atoms with Crippen LogP contribution in [0.4, 0.5) is 0 Å². The maximum atomic E-state index is 11.9. The Balaban J connectivity index is 1.72. The molecule has 0 aromatic heterocycles. The lowest BCUT2D eigenvalue weighted by Crippen LogP contribution is -2.44. The highest BCUT2D eigenvalue weighted by Crippen LogP contribution is 2.31. The molecular weight excluding hydrogens is 352 g/mol. The summed E-state index contributed by atoms with van der Waals surface area (Å²) < 4.78 is 17.3. The van der Waals surface area contributed by atoms with Gasteiger partial charge in [0.1, 0.15) is 6.10 Å². The molecule has 0 aromatic carbocycles. The maximum absolute atomic E-state index is 11.9. The maximum Gasteiger partial charge on any atom is 0.313 e. The van der Waals surface area contributed by atoms with Crippen molar-refractivity contribution in [3.8, 4) is 0 Å². The van der Waals surface area contributed by atoms with Crippen LogP contribution in [0, 0.1) is 5.92 Å². The topological polar surface area (TPSA) is 44.8 Å². The predicted molar refractivity (Wildman–Crippen MR) is 113 cm³/mol. The van der Waals surface area contributed by atoms with Crippen molar-refractivity contribution < 1.29 is 19.0 Å². The summed E-state index contributed by atoms with van der Waals surface area (Å²) in [6.45, 7) is 5.22. The SMILES string of the molecule is CCCCCCCCCC[C@@H]1C(=O)O[C@H]1C=C(CCCC)O[C@@H]1CCCCO1. The van der Waals surface area contributed by atoms with E-state index in [1.807, 2.05) is 0 Å². The van der Waals surface area contributed by atoms with Gasteiger partial charge in [-0.15, -0.1) is 0 Å². The van der Waals surface area contributed by atoms with Crippen molar-refractivity contribution in [1.82, 2.24) is 0 Å². The molecule has 2 aliphatic heterocycles. The van der Waals surface area contributed by atoms with Gasteiger partial charge in [0.05, 0.1) is 18.3 Å². The lowest BCUT2D eigenvalue weighted by molar-refractivity contribution is -0.179. The molecule has 0 amide bonds. The average Bonchev–Trinajstić information content (AvgIpc) is 2.71. The molecule has 4 nitrogen and oxygen atoms in total. The smallest absolute Gasteiger partial charge is 0.313 e. The molecule has 2 fully saturated rings. The first kappa shape index (κ1) is 23.3. The number of unbranched alkanes of at least 4 members (excludes halogenated alkanes) is 8. The van der Waals surface area contributed by atoms with Gasteiger partial charge in [-0.2, -0.15) is 0 Å². The first-order valence-electron chi connectivity index (χ1n) is 11.9. The average molecular weight is 395 g/mol. The zero-order valence-electron chi connectivity index (χ0n) is 18.3. The van der Waals surface area contributed by atoms with E-state index in [2.05, 4.69) is 19.9 Å². The second-order valence-corrected chi connectivity index (χ2v) is 8.42. The Morgan fingerprint density at radius 2 is 1.71 bits per heavy atom. The van der Waals surface area contributed by atoms with Crippen LogP contribution in [-0.2, 0) is 19.0 Å². The third-order valence-corrected chi connectivity index (χ3v) is 5.87. The van der Waals surface area contributed by atoms with Gasteiger partial charge < -0.3 is 14.2 Å². The van der Waals surface area contributed by atoms with Gasteiger partial charge in [0.2, 0.25) is 0 Å². The van der Waals surface area contributed by atoms with Crippen molar-refractivity contribution >= 4 is 5.97 Å². The van der Waals surface area contributed by atoms with E-state index in [1.54, 1.807) is 0 Å². The number of ether oxygens (including phenoxy) is 3. The van der Waals surface area contributed by atoms with Gasteiger partial charge in [0.25, 0.3) is 0 Å². The monoisotopic (exact) mass is 394 g/mol. The van der Waals surface area contributed by atoms with Crippen LogP contribution in [0.15, 0.2) is 11.8 Å². The van der Waals surface area contributed by atoms with Crippen LogP contribution in [0.1, 0.15) is 110 Å². The Morgan fingerprint density at radius 3 is 2.36 bits per heavy atom. The summed E-state index contributed by atoms with van der Waals surface area (Å²) in [5.74, 6) is 0.938. The van der Waals surface area contributed by atoms with E-state index in [0.29, 0.717) is 0 Å². The van der Waals surface area contributed by atoms with Crippen molar-refractivity contribution in [2.24, 2.45) is 5.92 Å². The van der Waals surface area contributed by atoms with Crippen LogP contribution in [-0.4, -0.2) is 25.0 Å². The predicted octanol–water partition coefficient (Wildman–Crippen LogP) is 6.68. The summed E-state index contributed by atoms with van der Waals surface area (Å²) in [7, 11) is 0. The quantitative estimate of drug-likeness (QED) is 0.177. The van der Waals surface area contributed by atoms with Crippen LogP contribution < -0.4 is 0 Å². The summed E-state index contributed by atoms with van der Waals surface area (Å²) in [5, 5.41) is 0. The number of hydrogen-bond acceptors (Lipinski definition) is 4. The van der Waals surface area contributed by atoms with E-state index in [0.717, 1.165) is 63.7 Å². The standard InChI is InChI=1S/C24H42O4/c1-3-5-7-8-9-10-11-12-16-21-22(28-24(21)25)19-20(15-6-4-2)27-23-17-13-14-18-26-23/h19,21-23H,3-18H2,1-2H3/t21-,22-,23+/m0/s1. The lowest BCUT2D eigenvalue weighted by Gasteiger charge is -2.34. The molecule has 0 N–H and O–H groups in total. The molecule has 0 spiro atoms. The van der Waals surface area contributed by atoms with Gasteiger partial charge in [0.15, 0.2) is 6.29 Å². The van der Waals surface area contributed by atoms with Crippen molar-refractivity contribution in [3.05, 3.63) is 11.8 Å². The molecule has 3 atom stereocenters. The number of carbonyl (C=O) groups excluding carboxylic acids is 1. The summed E-state index contributed by atoms with van der Waals surface area (Å²) >= 11 is 0. The Bertz CT molecular complexity index is 454. The molecule has 0 saturated carbocycles. The summed E-state index contributed by atoms with van der Waals surface area (Å²) in [6.07, 6.45) is 19.4.